The van der Waals surface area contributed by atoms with E-state index >= 15 is 4.39 Å². The second-order valence-corrected chi connectivity index (χ2v) is 10.2. The molecule has 3 aromatic carbocycles. The van der Waals surface area contributed by atoms with Crippen molar-refractivity contribution in [2.45, 2.75) is 44.4 Å². The number of aromatic nitrogens is 1. The van der Waals surface area contributed by atoms with Gasteiger partial charge in [0.25, 0.3) is 5.91 Å². The molecule has 4 aromatic rings. The lowest BCUT2D eigenvalue weighted by atomic mass is 9.77. The Hall–Kier alpha value is -4.49. The molecule has 0 radical (unpaired) electrons. The molecule has 2 atom stereocenters. The summed E-state index contributed by atoms with van der Waals surface area (Å²) in [6, 6.07) is 13.1. The third-order valence-corrected chi connectivity index (χ3v) is 7.15. The summed E-state index contributed by atoms with van der Waals surface area (Å²) in [5, 5.41) is 18.8. The lowest BCUT2D eigenvalue weighted by molar-refractivity contribution is -0.137. The number of nitrogens with zero attached hydrogens (tertiary/aromatic N) is 1. The van der Waals surface area contributed by atoms with Gasteiger partial charge in [0, 0.05) is 22.6 Å². The molecule has 2 unspecified atom stereocenters. The van der Waals surface area contributed by atoms with E-state index in [1.165, 1.54) is 18.2 Å². The fourth-order valence-electron chi connectivity index (χ4n) is 4.82. The standard InChI is InChI=1S/C31H24F4N2O4/c1-17-3-5-19(6-4-17)13-14-30(40,27(20-7-8-20)25-15-21(31(33,34)35)9-12-26(25)32)29(39)36-22-10-11-23-24(16-22)18(2)37-41-28(23)38/h3-6,9-12,15-16,20,27,40H,7-8H2,1-2H3,(H,36,39). The summed E-state index contributed by atoms with van der Waals surface area (Å²) in [4.78, 5) is 25.9. The van der Waals surface area contributed by atoms with E-state index in [1.54, 1.807) is 31.2 Å². The van der Waals surface area contributed by atoms with Crippen LogP contribution in [0, 0.1) is 37.4 Å². The molecule has 5 rings (SSSR count). The van der Waals surface area contributed by atoms with Gasteiger partial charge in [0.2, 0.25) is 5.60 Å². The number of hydrogen-bond acceptors (Lipinski definition) is 5. The third-order valence-electron chi connectivity index (χ3n) is 7.15. The molecule has 2 N–H and O–H groups in total. The normalized spacial score (nSPS) is 15.5. The van der Waals surface area contributed by atoms with Gasteiger partial charge < -0.3 is 14.9 Å². The second kappa shape index (κ2) is 10.5. The van der Waals surface area contributed by atoms with E-state index in [0.29, 0.717) is 47.7 Å². The first kappa shape index (κ1) is 28.1. The lowest BCUT2D eigenvalue weighted by Gasteiger charge is -2.32. The summed E-state index contributed by atoms with van der Waals surface area (Å²) < 4.78 is 60.7. The van der Waals surface area contributed by atoms with Crippen LogP contribution in [0.1, 0.15) is 46.7 Å². The summed E-state index contributed by atoms with van der Waals surface area (Å²) in [6.07, 6.45) is -3.86. The van der Waals surface area contributed by atoms with Gasteiger partial charge in [-0.1, -0.05) is 34.7 Å². The first-order valence-corrected chi connectivity index (χ1v) is 12.8. The van der Waals surface area contributed by atoms with Crippen molar-refractivity contribution in [2.75, 3.05) is 5.32 Å². The molecule has 0 spiro atoms. The van der Waals surface area contributed by atoms with Crippen LogP contribution in [-0.4, -0.2) is 21.8 Å². The monoisotopic (exact) mass is 564 g/mol. The highest BCUT2D eigenvalue weighted by Crippen LogP contribution is 2.50. The van der Waals surface area contributed by atoms with E-state index in [9.17, 15) is 27.9 Å². The van der Waals surface area contributed by atoms with Gasteiger partial charge in [0.05, 0.1) is 16.6 Å². The van der Waals surface area contributed by atoms with Crippen LogP contribution in [0.4, 0.5) is 23.2 Å². The lowest BCUT2D eigenvalue weighted by Crippen LogP contribution is -2.48. The quantitative estimate of drug-likeness (QED) is 0.233. The van der Waals surface area contributed by atoms with Crippen LogP contribution in [0.15, 0.2) is 70.0 Å². The Labute approximate surface area is 232 Å². The fraction of sp³-hybridized carbons (Fsp3) is 0.258. The number of carbonyl (C=O) groups is 1. The number of halogens is 4. The molecule has 1 fully saturated rings. The predicted octanol–water partition coefficient (Wildman–Crippen LogP) is 5.88. The molecule has 1 amide bonds. The topological polar surface area (TPSA) is 92.4 Å². The maximum Gasteiger partial charge on any atom is 0.416 e. The summed E-state index contributed by atoms with van der Waals surface area (Å²) in [6.45, 7) is 3.46. The summed E-state index contributed by atoms with van der Waals surface area (Å²) in [5.41, 5.74) is -2.95. The molecule has 210 valence electrons. The van der Waals surface area contributed by atoms with Crippen LogP contribution < -0.4 is 10.9 Å². The van der Waals surface area contributed by atoms with Crippen molar-refractivity contribution in [3.05, 3.63) is 105 Å². The molecular weight excluding hydrogens is 540 g/mol. The van der Waals surface area contributed by atoms with Gasteiger partial charge in [-0.2, -0.15) is 13.2 Å². The molecule has 0 aliphatic heterocycles. The number of carbonyl (C=O) groups excluding carboxylic acids is 1. The van der Waals surface area contributed by atoms with Crippen molar-refractivity contribution < 1.29 is 32.0 Å². The first-order valence-electron chi connectivity index (χ1n) is 12.8. The summed E-state index contributed by atoms with van der Waals surface area (Å²) in [7, 11) is 0. The summed E-state index contributed by atoms with van der Waals surface area (Å²) in [5.74, 6) is 1.39. The molecule has 6 nitrogen and oxygen atoms in total. The van der Waals surface area contributed by atoms with Crippen LogP contribution in [0.2, 0.25) is 0 Å². The molecule has 10 heteroatoms. The molecule has 1 saturated carbocycles. The molecule has 1 aliphatic carbocycles. The largest absolute Gasteiger partial charge is 0.416 e. The Balaban J connectivity index is 1.63. The molecule has 1 heterocycles. The number of aryl methyl sites for hydroxylation is 2. The number of alkyl halides is 3. The van der Waals surface area contributed by atoms with Crippen LogP contribution in [-0.2, 0) is 11.0 Å². The van der Waals surface area contributed by atoms with E-state index in [4.69, 9.17) is 4.52 Å². The van der Waals surface area contributed by atoms with Gasteiger partial charge in [0.1, 0.15) is 5.82 Å². The average molecular weight is 565 g/mol. The predicted molar refractivity (Wildman–Crippen MR) is 144 cm³/mol. The highest BCUT2D eigenvalue weighted by Gasteiger charge is 2.52. The fourth-order valence-corrected chi connectivity index (χ4v) is 4.82. The number of anilines is 1. The zero-order chi connectivity index (χ0) is 29.5. The van der Waals surface area contributed by atoms with E-state index in [-0.39, 0.29) is 11.1 Å². The average Bonchev–Trinajstić information content (AvgIpc) is 3.76. The highest BCUT2D eigenvalue weighted by molar-refractivity contribution is 6.02. The van der Waals surface area contributed by atoms with Gasteiger partial charge in [-0.05, 0) is 86.7 Å². The van der Waals surface area contributed by atoms with Crippen LogP contribution >= 0.6 is 0 Å². The van der Waals surface area contributed by atoms with E-state index in [0.717, 1.165) is 5.56 Å². The second-order valence-electron chi connectivity index (χ2n) is 10.2. The van der Waals surface area contributed by atoms with Crippen molar-refractivity contribution in [2.24, 2.45) is 5.92 Å². The number of hydrogen-bond donors (Lipinski definition) is 2. The van der Waals surface area contributed by atoms with Crippen LogP contribution in [0.25, 0.3) is 10.8 Å². The summed E-state index contributed by atoms with van der Waals surface area (Å²) >= 11 is 0. The minimum absolute atomic E-state index is 0.160. The number of amides is 1. The molecule has 0 saturated heterocycles. The highest BCUT2D eigenvalue weighted by atomic mass is 19.4. The van der Waals surface area contributed by atoms with Crippen molar-refractivity contribution in [1.82, 2.24) is 5.16 Å². The third kappa shape index (κ3) is 5.72. The smallest absolute Gasteiger partial charge is 0.369 e. The maximum atomic E-state index is 15.2. The van der Waals surface area contributed by atoms with Gasteiger partial charge in [-0.3, -0.25) is 4.79 Å². The number of aliphatic hydroxyl groups is 1. The van der Waals surface area contributed by atoms with E-state index in [2.05, 4.69) is 22.3 Å². The van der Waals surface area contributed by atoms with Crippen molar-refractivity contribution in [3.8, 4) is 11.8 Å². The SMILES string of the molecule is Cc1ccc(C#CC(O)(C(=O)Nc2ccc3c(=O)onc(C)c3c2)C(c2cc(C(F)(F)F)ccc2F)C2CC2)cc1. The van der Waals surface area contributed by atoms with Crippen molar-refractivity contribution in [3.63, 3.8) is 0 Å². The van der Waals surface area contributed by atoms with Crippen LogP contribution in [0.5, 0.6) is 0 Å². The Morgan fingerprint density at radius 2 is 1.76 bits per heavy atom. The number of rotatable bonds is 5. The van der Waals surface area contributed by atoms with E-state index < -0.39 is 52.1 Å². The van der Waals surface area contributed by atoms with Crippen molar-refractivity contribution in [1.29, 1.82) is 0 Å². The minimum atomic E-state index is -4.77. The molecular formula is C31H24F4N2O4. The molecule has 1 aromatic heterocycles. The van der Waals surface area contributed by atoms with Gasteiger partial charge >= 0.3 is 11.8 Å². The number of benzene rings is 3. The van der Waals surface area contributed by atoms with E-state index in [1.807, 2.05) is 6.92 Å². The molecule has 41 heavy (non-hydrogen) atoms. The first-order chi connectivity index (χ1) is 19.4. The van der Waals surface area contributed by atoms with Crippen LogP contribution in [0.3, 0.4) is 0 Å². The maximum absolute atomic E-state index is 15.2. The van der Waals surface area contributed by atoms with Gasteiger partial charge in [-0.15, -0.1) is 0 Å². The zero-order valence-electron chi connectivity index (χ0n) is 22.0. The zero-order valence-corrected chi connectivity index (χ0v) is 22.0. The Morgan fingerprint density at radius 3 is 2.41 bits per heavy atom. The number of fused-ring (bicyclic) bond motifs is 1. The Bertz CT molecular complexity index is 1770. The molecule has 1 aliphatic rings. The Kier molecular flexibility index (Phi) is 7.17. The molecule has 0 bridgehead atoms. The van der Waals surface area contributed by atoms with Gasteiger partial charge in [0.15, 0.2) is 0 Å². The minimum Gasteiger partial charge on any atom is -0.369 e. The van der Waals surface area contributed by atoms with Crippen molar-refractivity contribution >= 4 is 22.4 Å². The van der Waals surface area contributed by atoms with Gasteiger partial charge in [-0.25, -0.2) is 9.18 Å². The Morgan fingerprint density at radius 1 is 1.05 bits per heavy atom. The number of nitrogens with one attached hydrogen (secondary N) is 1.